The lowest BCUT2D eigenvalue weighted by molar-refractivity contribution is 0.749. The van der Waals surface area contributed by atoms with Gasteiger partial charge < -0.3 is 15.6 Å². The molecule has 2 aromatic heterocycles. The van der Waals surface area contributed by atoms with E-state index in [1.165, 1.54) is 26.9 Å². The van der Waals surface area contributed by atoms with Crippen molar-refractivity contribution in [3.63, 3.8) is 0 Å². The Morgan fingerprint density at radius 2 is 1.79 bits per heavy atom. The van der Waals surface area contributed by atoms with Crippen LogP contribution in [0, 0.1) is 0 Å². The fourth-order valence-corrected chi connectivity index (χ4v) is 4.49. The van der Waals surface area contributed by atoms with Gasteiger partial charge >= 0.3 is 0 Å². The third-order valence-corrected chi connectivity index (χ3v) is 6.17. The van der Waals surface area contributed by atoms with E-state index >= 15 is 0 Å². The molecule has 5 heteroatoms. The average Bonchev–Trinajstić information content (AvgIpc) is 3.40. The summed E-state index contributed by atoms with van der Waals surface area (Å²) in [5.41, 5.74) is 3.79. The number of thiocarbonyl (C=S) groups is 1. The Balaban J connectivity index is 1.40. The monoisotopic (exact) mass is 405 g/mol. The van der Waals surface area contributed by atoms with Crippen molar-refractivity contribution in [3.8, 4) is 0 Å². The number of aromatic nitrogens is 1. The third-order valence-electron chi connectivity index (χ3n) is 4.89. The number of para-hydroxylation sites is 1. The summed E-state index contributed by atoms with van der Waals surface area (Å²) in [6.07, 6.45) is 3.09. The molecule has 0 aliphatic heterocycles. The molecule has 4 aromatic rings. The Kier molecular flexibility index (Phi) is 6.04. The van der Waals surface area contributed by atoms with E-state index in [0.29, 0.717) is 5.11 Å². The summed E-state index contributed by atoms with van der Waals surface area (Å²) in [4.78, 5) is 4.74. The molecule has 0 saturated heterocycles. The van der Waals surface area contributed by atoms with Crippen LogP contribution in [0.4, 0.5) is 0 Å². The number of thiophene rings is 1. The highest BCUT2D eigenvalue weighted by Crippen LogP contribution is 2.32. The summed E-state index contributed by atoms with van der Waals surface area (Å²) in [5.74, 6) is 0.255. The first-order valence-corrected chi connectivity index (χ1v) is 10.7. The van der Waals surface area contributed by atoms with E-state index in [1.54, 1.807) is 11.3 Å². The standard InChI is InChI=1S/C23H23N3S2/c27-23(24-13-12-17-7-2-1-3-8-17)26-16-20(22-11-6-14-28-22)19-15-25-21-10-5-4-9-18(19)21/h1-11,14-15,20,25H,12-13,16H2,(H2,24,26,27)/t20-/m0/s1. The number of benzene rings is 2. The fourth-order valence-electron chi connectivity index (χ4n) is 3.46. The van der Waals surface area contributed by atoms with Gasteiger partial charge in [0.2, 0.25) is 0 Å². The van der Waals surface area contributed by atoms with Crippen molar-refractivity contribution in [2.45, 2.75) is 12.3 Å². The van der Waals surface area contributed by atoms with Crippen molar-refractivity contribution in [3.05, 3.63) is 94.3 Å². The molecule has 2 heterocycles. The van der Waals surface area contributed by atoms with Gasteiger partial charge in [0, 0.05) is 41.0 Å². The molecule has 3 nitrogen and oxygen atoms in total. The summed E-state index contributed by atoms with van der Waals surface area (Å²) in [7, 11) is 0. The molecule has 0 aliphatic rings. The second-order valence-corrected chi connectivity index (χ2v) is 8.12. The molecule has 1 atom stereocenters. The number of hydrogen-bond donors (Lipinski definition) is 3. The predicted molar refractivity (Wildman–Crippen MR) is 123 cm³/mol. The normalized spacial score (nSPS) is 12.0. The van der Waals surface area contributed by atoms with Gasteiger partial charge in [0.15, 0.2) is 5.11 Å². The van der Waals surface area contributed by atoms with E-state index in [1.807, 2.05) is 6.07 Å². The van der Waals surface area contributed by atoms with Crippen LogP contribution in [0.1, 0.15) is 21.9 Å². The maximum atomic E-state index is 5.52. The number of nitrogens with one attached hydrogen (secondary N) is 3. The Morgan fingerprint density at radius 3 is 2.61 bits per heavy atom. The molecule has 0 aliphatic carbocycles. The van der Waals surface area contributed by atoms with Crippen LogP contribution in [0.15, 0.2) is 78.3 Å². The van der Waals surface area contributed by atoms with Crippen LogP contribution in [-0.2, 0) is 6.42 Å². The summed E-state index contributed by atoms with van der Waals surface area (Å²) in [6, 6.07) is 23.2. The van der Waals surface area contributed by atoms with E-state index in [0.717, 1.165) is 19.5 Å². The maximum absolute atomic E-state index is 5.52. The van der Waals surface area contributed by atoms with Crippen LogP contribution in [0.3, 0.4) is 0 Å². The van der Waals surface area contributed by atoms with Crippen molar-refractivity contribution in [1.82, 2.24) is 15.6 Å². The number of hydrogen-bond acceptors (Lipinski definition) is 2. The Labute approximate surface area is 174 Å². The zero-order chi connectivity index (χ0) is 19.2. The summed E-state index contributed by atoms with van der Waals surface area (Å²) in [5, 5.41) is 10.9. The second-order valence-electron chi connectivity index (χ2n) is 6.73. The van der Waals surface area contributed by atoms with Crippen LogP contribution in [0.2, 0.25) is 0 Å². The molecule has 4 rings (SSSR count). The molecule has 0 radical (unpaired) electrons. The molecule has 142 valence electrons. The molecule has 2 aromatic carbocycles. The Bertz CT molecular complexity index is 1020. The van der Waals surface area contributed by atoms with Gasteiger partial charge in [-0.3, -0.25) is 0 Å². The topological polar surface area (TPSA) is 39.8 Å². The van der Waals surface area contributed by atoms with Gasteiger partial charge in [0.1, 0.15) is 0 Å². The molecule has 0 spiro atoms. The average molecular weight is 406 g/mol. The zero-order valence-corrected chi connectivity index (χ0v) is 17.2. The number of H-pyrrole nitrogens is 1. The van der Waals surface area contributed by atoms with Gasteiger partial charge in [-0.15, -0.1) is 11.3 Å². The van der Waals surface area contributed by atoms with Gasteiger partial charge in [0.25, 0.3) is 0 Å². The van der Waals surface area contributed by atoms with Gasteiger partial charge in [-0.05, 0) is 47.3 Å². The van der Waals surface area contributed by atoms with Crippen LogP contribution in [0.25, 0.3) is 10.9 Å². The summed E-state index contributed by atoms with van der Waals surface area (Å²) < 4.78 is 0. The lowest BCUT2D eigenvalue weighted by Crippen LogP contribution is -2.38. The van der Waals surface area contributed by atoms with Crippen LogP contribution >= 0.6 is 23.6 Å². The lowest BCUT2D eigenvalue weighted by atomic mass is 9.97. The van der Waals surface area contributed by atoms with Gasteiger partial charge in [0.05, 0.1) is 0 Å². The maximum Gasteiger partial charge on any atom is 0.166 e. The van der Waals surface area contributed by atoms with E-state index < -0.39 is 0 Å². The molecular weight excluding hydrogens is 382 g/mol. The van der Waals surface area contributed by atoms with E-state index in [2.05, 4.69) is 87.9 Å². The van der Waals surface area contributed by atoms with Crippen molar-refractivity contribution in [2.75, 3.05) is 13.1 Å². The van der Waals surface area contributed by atoms with E-state index in [9.17, 15) is 0 Å². The van der Waals surface area contributed by atoms with Crippen LogP contribution < -0.4 is 10.6 Å². The van der Waals surface area contributed by atoms with Crippen molar-refractivity contribution in [1.29, 1.82) is 0 Å². The number of fused-ring (bicyclic) bond motifs is 1. The number of aromatic amines is 1. The minimum absolute atomic E-state index is 0.255. The van der Waals surface area contributed by atoms with Gasteiger partial charge in [-0.1, -0.05) is 54.6 Å². The van der Waals surface area contributed by atoms with Crippen molar-refractivity contribution < 1.29 is 0 Å². The van der Waals surface area contributed by atoms with Crippen LogP contribution in [-0.4, -0.2) is 23.2 Å². The Morgan fingerprint density at radius 1 is 0.964 bits per heavy atom. The smallest absolute Gasteiger partial charge is 0.166 e. The second kappa shape index (κ2) is 9.04. The molecule has 0 amide bonds. The quantitative estimate of drug-likeness (QED) is 0.376. The first kappa shape index (κ1) is 18.7. The SMILES string of the molecule is S=C(NCCc1ccccc1)NC[C@H](c1cccs1)c1c[nH]c2ccccc12. The molecular formula is C23H23N3S2. The molecule has 28 heavy (non-hydrogen) atoms. The molecule has 0 unspecified atom stereocenters. The predicted octanol–water partition coefficient (Wildman–Crippen LogP) is 5.07. The first-order valence-electron chi connectivity index (χ1n) is 9.46. The highest BCUT2D eigenvalue weighted by atomic mass is 32.1. The molecule has 0 fully saturated rings. The zero-order valence-electron chi connectivity index (χ0n) is 15.5. The minimum atomic E-state index is 0.255. The third kappa shape index (κ3) is 4.43. The lowest BCUT2D eigenvalue weighted by Gasteiger charge is -2.18. The fraction of sp³-hybridized carbons (Fsp3) is 0.174. The highest BCUT2D eigenvalue weighted by molar-refractivity contribution is 7.80. The van der Waals surface area contributed by atoms with Gasteiger partial charge in [-0.2, -0.15) is 0 Å². The minimum Gasteiger partial charge on any atom is -0.362 e. The molecule has 0 saturated carbocycles. The first-order chi connectivity index (χ1) is 13.8. The molecule has 0 bridgehead atoms. The van der Waals surface area contributed by atoms with Crippen molar-refractivity contribution >= 4 is 39.6 Å². The Hall–Kier alpha value is -2.63. The van der Waals surface area contributed by atoms with Gasteiger partial charge in [-0.25, -0.2) is 0 Å². The highest BCUT2D eigenvalue weighted by Gasteiger charge is 2.19. The van der Waals surface area contributed by atoms with Crippen LogP contribution in [0.5, 0.6) is 0 Å². The largest absolute Gasteiger partial charge is 0.362 e. The van der Waals surface area contributed by atoms with E-state index in [-0.39, 0.29) is 5.92 Å². The van der Waals surface area contributed by atoms with Crippen molar-refractivity contribution in [2.24, 2.45) is 0 Å². The number of rotatable bonds is 7. The molecule has 3 N–H and O–H groups in total. The summed E-state index contributed by atoms with van der Waals surface area (Å²) >= 11 is 7.30. The van der Waals surface area contributed by atoms with E-state index in [4.69, 9.17) is 12.2 Å². The summed E-state index contributed by atoms with van der Waals surface area (Å²) in [6.45, 7) is 1.59.